The molecule has 0 unspecified atom stereocenters. The van der Waals surface area contributed by atoms with Crippen molar-refractivity contribution < 1.29 is 0 Å². The summed E-state index contributed by atoms with van der Waals surface area (Å²) in [6, 6.07) is 0. The average Bonchev–Trinajstić information content (AvgIpc) is 2.85. The quantitative estimate of drug-likeness (QED) is 0.587. The summed E-state index contributed by atoms with van der Waals surface area (Å²) in [5.74, 6) is 5.09. The van der Waals surface area contributed by atoms with Gasteiger partial charge in [-0.2, -0.15) is 10.2 Å². The van der Waals surface area contributed by atoms with E-state index in [9.17, 15) is 0 Å². The topological polar surface area (TPSA) is 24.7 Å². The van der Waals surface area contributed by atoms with Gasteiger partial charge in [-0.05, 0) is 55.8 Å². The van der Waals surface area contributed by atoms with E-state index in [0.29, 0.717) is 6.17 Å². The van der Waals surface area contributed by atoms with E-state index in [1.807, 2.05) is 0 Å². The summed E-state index contributed by atoms with van der Waals surface area (Å²) in [6.45, 7) is 0. The molecule has 70 valence electrons. The summed E-state index contributed by atoms with van der Waals surface area (Å²) < 4.78 is 0. The van der Waals surface area contributed by atoms with Crippen molar-refractivity contribution in [2.75, 3.05) is 0 Å². The summed E-state index contributed by atoms with van der Waals surface area (Å²) in [6.07, 6.45) is 8.06. The minimum atomic E-state index is 0.454. The van der Waals surface area contributed by atoms with Crippen LogP contribution in [-0.2, 0) is 0 Å². The van der Waals surface area contributed by atoms with E-state index in [-0.39, 0.29) is 0 Å². The van der Waals surface area contributed by atoms with E-state index in [1.165, 1.54) is 25.7 Å². The zero-order valence-electron chi connectivity index (χ0n) is 7.89. The molecule has 0 spiro atoms. The monoisotopic (exact) mass is 176 g/mol. The Morgan fingerprint density at radius 3 is 1.69 bits per heavy atom. The predicted molar refractivity (Wildman–Crippen MR) is 49.2 cm³/mol. The second-order valence-corrected chi connectivity index (χ2v) is 5.65. The lowest BCUT2D eigenvalue weighted by Gasteiger charge is -2.53. The van der Waals surface area contributed by atoms with Gasteiger partial charge in [-0.3, -0.25) is 0 Å². The highest BCUT2D eigenvalue weighted by atomic mass is 15.4. The van der Waals surface area contributed by atoms with Crippen molar-refractivity contribution in [2.45, 2.75) is 38.3 Å². The average molecular weight is 176 g/mol. The molecule has 1 aliphatic heterocycles. The normalized spacial score (nSPS) is 57.4. The van der Waals surface area contributed by atoms with Crippen molar-refractivity contribution >= 4 is 0 Å². The maximum absolute atomic E-state index is 4.17. The lowest BCUT2D eigenvalue weighted by atomic mass is 9.51. The van der Waals surface area contributed by atoms with Crippen molar-refractivity contribution in [1.29, 1.82) is 0 Å². The highest BCUT2D eigenvalue weighted by Gasteiger charge is 2.52. The molecule has 4 fully saturated rings. The lowest BCUT2D eigenvalue weighted by Crippen LogP contribution is -2.46. The zero-order valence-corrected chi connectivity index (χ0v) is 7.89. The first-order valence-corrected chi connectivity index (χ1v) is 5.80. The van der Waals surface area contributed by atoms with Crippen LogP contribution in [0.15, 0.2) is 10.2 Å². The first-order chi connectivity index (χ1) is 6.40. The van der Waals surface area contributed by atoms with Gasteiger partial charge in [-0.1, -0.05) is 0 Å². The number of rotatable bonds is 1. The highest BCUT2D eigenvalue weighted by Crippen LogP contribution is 2.58. The minimum absolute atomic E-state index is 0.454. The molecule has 0 aromatic rings. The molecule has 0 saturated heterocycles. The van der Waals surface area contributed by atoms with Gasteiger partial charge in [0.25, 0.3) is 0 Å². The molecule has 0 radical (unpaired) electrons. The van der Waals surface area contributed by atoms with Crippen LogP contribution in [0.25, 0.3) is 0 Å². The van der Waals surface area contributed by atoms with Crippen LogP contribution in [0.2, 0.25) is 0 Å². The van der Waals surface area contributed by atoms with E-state index < -0.39 is 0 Å². The second-order valence-electron chi connectivity index (χ2n) is 5.65. The van der Waals surface area contributed by atoms with Crippen LogP contribution in [0.1, 0.15) is 32.1 Å². The molecule has 1 heterocycles. The van der Waals surface area contributed by atoms with Crippen molar-refractivity contribution in [1.82, 2.24) is 0 Å². The fraction of sp³-hybridized carbons (Fsp3) is 1.00. The molecule has 0 amide bonds. The Hall–Kier alpha value is -0.400. The molecule has 5 rings (SSSR count). The van der Waals surface area contributed by atoms with Gasteiger partial charge in [0.05, 0.1) is 0 Å². The minimum Gasteiger partial charge on any atom is -0.162 e. The van der Waals surface area contributed by atoms with Gasteiger partial charge in [0, 0.05) is 5.92 Å². The van der Waals surface area contributed by atoms with Crippen LogP contribution in [0.4, 0.5) is 0 Å². The summed E-state index contributed by atoms with van der Waals surface area (Å²) in [5, 5.41) is 8.35. The smallest absolute Gasteiger partial charge is 0.162 e. The van der Waals surface area contributed by atoms with Gasteiger partial charge in [0.15, 0.2) is 6.17 Å². The van der Waals surface area contributed by atoms with Gasteiger partial charge in [0.2, 0.25) is 0 Å². The molecule has 0 aromatic carbocycles. The molecule has 0 atom stereocenters. The van der Waals surface area contributed by atoms with Crippen LogP contribution < -0.4 is 0 Å². The fourth-order valence-electron chi connectivity index (χ4n) is 4.65. The van der Waals surface area contributed by atoms with Gasteiger partial charge in [-0.25, -0.2) is 0 Å². The number of hydrogen-bond donors (Lipinski definition) is 0. The second kappa shape index (κ2) is 2.15. The van der Waals surface area contributed by atoms with E-state index in [0.717, 1.165) is 29.6 Å². The molecular formula is C11H16N2. The number of nitrogens with zero attached hydrogens (tertiary/aromatic N) is 2. The maximum atomic E-state index is 4.17. The van der Waals surface area contributed by atoms with Crippen molar-refractivity contribution in [2.24, 2.45) is 39.8 Å². The molecule has 13 heavy (non-hydrogen) atoms. The first kappa shape index (κ1) is 6.97. The van der Waals surface area contributed by atoms with E-state index in [4.69, 9.17) is 0 Å². The van der Waals surface area contributed by atoms with Crippen LogP contribution in [0.5, 0.6) is 0 Å². The summed E-state index contributed by atoms with van der Waals surface area (Å²) in [4.78, 5) is 0. The molecule has 5 aliphatic rings. The molecular weight excluding hydrogens is 160 g/mol. The third-order valence-corrected chi connectivity index (χ3v) is 4.89. The molecule has 4 saturated carbocycles. The van der Waals surface area contributed by atoms with E-state index >= 15 is 0 Å². The Labute approximate surface area is 78.8 Å². The third kappa shape index (κ3) is 0.893. The lowest BCUT2D eigenvalue weighted by molar-refractivity contribution is -0.0378. The molecule has 2 nitrogen and oxygen atoms in total. The standard InChI is InChI=1S/C11H16N2/c1-6-2-8-4-7(1)5-9(3-6)10(8)11-12-13-11/h6-11H,1-5H2. The Kier molecular flexibility index (Phi) is 1.15. The number of hydrogen-bond acceptors (Lipinski definition) is 2. The van der Waals surface area contributed by atoms with E-state index in [2.05, 4.69) is 10.2 Å². The molecule has 0 N–H and O–H groups in total. The van der Waals surface area contributed by atoms with Crippen LogP contribution >= 0.6 is 0 Å². The molecule has 4 bridgehead atoms. The Morgan fingerprint density at radius 2 is 1.23 bits per heavy atom. The highest BCUT2D eigenvalue weighted by molar-refractivity contribution is 5.02. The molecule has 4 aliphatic carbocycles. The third-order valence-electron chi connectivity index (χ3n) is 4.89. The van der Waals surface area contributed by atoms with Crippen LogP contribution in [0.3, 0.4) is 0 Å². The van der Waals surface area contributed by atoms with Crippen molar-refractivity contribution in [3.05, 3.63) is 0 Å². The van der Waals surface area contributed by atoms with Gasteiger partial charge < -0.3 is 0 Å². The Bertz CT molecular complexity index is 237. The Balaban J connectivity index is 1.66. The predicted octanol–water partition coefficient (Wildman–Crippen LogP) is 2.85. The summed E-state index contributed by atoms with van der Waals surface area (Å²) in [5.41, 5.74) is 0. The SMILES string of the molecule is C1C2CC3CC1CC(C2)C3C1N=N1. The van der Waals surface area contributed by atoms with Gasteiger partial charge in [-0.15, -0.1) is 0 Å². The molecule has 2 heteroatoms. The van der Waals surface area contributed by atoms with Crippen LogP contribution in [0, 0.1) is 29.6 Å². The largest absolute Gasteiger partial charge is 0.184 e. The maximum Gasteiger partial charge on any atom is 0.184 e. The van der Waals surface area contributed by atoms with Crippen LogP contribution in [-0.4, -0.2) is 6.17 Å². The fourth-order valence-corrected chi connectivity index (χ4v) is 4.65. The van der Waals surface area contributed by atoms with Crippen molar-refractivity contribution in [3.8, 4) is 0 Å². The zero-order chi connectivity index (χ0) is 8.41. The van der Waals surface area contributed by atoms with Crippen molar-refractivity contribution in [3.63, 3.8) is 0 Å². The first-order valence-electron chi connectivity index (χ1n) is 5.80. The van der Waals surface area contributed by atoms with E-state index in [1.54, 1.807) is 6.42 Å². The Morgan fingerprint density at radius 1 is 0.692 bits per heavy atom. The van der Waals surface area contributed by atoms with Gasteiger partial charge >= 0.3 is 0 Å². The molecule has 0 aromatic heterocycles. The summed E-state index contributed by atoms with van der Waals surface area (Å²) >= 11 is 0. The van der Waals surface area contributed by atoms with Gasteiger partial charge in [0.1, 0.15) is 0 Å². The summed E-state index contributed by atoms with van der Waals surface area (Å²) in [7, 11) is 0.